The van der Waals surface area contributed by atoms with Crippen LogP contribution in [0.2, 0.25) is 0 Å². The van der Waals surface area contributed by atoms with E-state index in [2.05, 4.69) is 26.0 Å². The van der Waals surface area contributed by atoms with Crippen molar-refractivity contribution in [2.45, 2.75) is 12.5 Å². The van der Waals surface area contributed by atoms with E-state index in [1.165, 1.54) is 0 Å². The van der Waals surface area contributed by atoms with Crippen LogP contribution in [0.3, 0.4) is 0 Å². The van der Waals surface area contributed by atoms with Crippen LogP contribution in [0.25, 0.3) is 0 Å². The van der Waals surface area contributed by atoms with Crippen molar-refractivity contribution >= 4 is 23.5 Å². The number of hydrogen-bond donors (Lipinski definition) is 5. The average Bonchev–Trinajstić information content (AvgIpc) is 2.63. The average molecular weight is 223 g/mol. The first-order valence-electron chi connectivity index (χ1n) is 4.82. The van der Waals surface area contributed by atoms with E-state index in [0.29, 0.717) is 24.6 Å². The molecule has 1 aromatic heterocycles. The topological polar surface area (TPSA) is 131 Å². The summed E-state index contributed by atoms with van der Waals surface area (Å²) in [4.78, 5) is 18.8. The molecule has 1 atom stereocenters. The Morgan fingerprint density at radius 2 is 2.19 bits per heavy atom. The lowest BCUT2D eigenvalue weighted by Crippen LogP contribution is -2.23. The van der Waals surface area contributed by atoms with Gasteiger partial charge in [0.1, 0.15) is 11.6 Å². The molecule has 16 heavy (non-hydrogen) atoms. The summed E-state index contributed by atoms with van der Waals surface area (Å²) in [5.41, 5.74) is 7.88. The van der Waals surface area contributed by atoms with E-state index in [0.717, 1.165) is 0 Å². The zero-order valence-corrected chi connectivity index (χ0v) is 8.53. The zero-order valence-electron chi connectivity index (χ0n) is 8.53. The zero-order chi connectivity index (χ0) is 11.5. The molecule has 0 spiro atoms. The second kappa shape index (κ2) is 4.19. The second-order valence-electron chi connectivity index (χ2n) is 3.49. The fraction of sp³-hybridized carbons (Fsp3) is 0.375. The summed E-state index contributed by atoms with van der Waals surface area (Å²) in [6.07, 6.45) is 0.426. The van der Waals surface area contributed by atoms with Crippen molar-refractivity contribution in [3.8, 4) is 0 Å². The van der Waals surface area contributed by atoms with Crippen LogP contribution in [0.5, 0.6) is 0 Å². The van der Waals surface area contributed by atoms with Crippen LogP contribution in [-0.4, -0.2) is 28.5 Å². The predicted molar refractivity (Wildman–Crippen MR) is 59.3 cm³/mol. The third kappa shape index (κ3) is 2.28. The molecular weight excluding hydrogens is 210 g/mol. The molecule has 86 valence electrons. The second-order valence-corrected chi connectivity index (χ2v) is 3.49. The van der Waals surface area contributed by atoms with Gasteiger partial charge in [-0.3, -0.25) is 4.79 Å². The number of hydrazine groups is 1. The minimum absolute atomic E-state index is 0.0208. The molecule has 1 aliphatic heterocycles. The van der Waals surface area contributed by atoms with Crippen molar-refractivity contribution in [2.75, 3.05) is 23.0 Å². The molecule has 7 N–H and O–H groups in total. The summed E-state index contributed by atoms with van der Waals surface area (Å²) in [5, 5.41) is 5.79. The lowest BCUT2D eigenvalue weighted by Gasteiger charge is -2.12. The Kier molecular flexibility index (Phi) is 2.73. The Balaban J connectivity index is 2.08. The van der Waals surface area contributed by atoms with E-state index >= 15 is 0 Å². The summed E-state index contributed by atoms with van der Waals surface area (Å²) >= 11 is 0. The fourth-order valence-electron chi connectivity index (χ4n) is 1.53. The molecule has 0 bridgehead atoms. The smallest absolute Gasteiger partial charge is 0.223 e. The van der Waals surface area contributed by atoms with E-state index in [-0.39, 0.29) is 17.9 Å². The van der Waals surface area contributed by atoms with E-state index in [9.17, 15) is 4.79 Å². The lowest BCUT2D eigenvalue weighted by atomic mass is 10.2. The highest BCUT2D eigenvalue weighted by molar-refractivity contribution is 5.79. The molecule has 1 amide bonds. The van der Waals surface area contributed by atoms with Crippen molar-refractivity contribution in [1.29, 1.82) is 0 Å². The standard InChI is InChI=1S/C8H13N7O/c9-8-13-5(2-6(14-8)15-10)12-4-1-7(16)11-3-4/h2,4H,1,3,10H2,(H,11,16)(H4,9,12,13,14,15). The van der Waals surface area contributed by atoms with Gasteiger partial charge in [0, 0.05) is 19.0 Å². The van der Waals surface area contributed by atoms with Crippen molar-refractivity contribution in [2.24, 2.45) is 5.84 Å². The molecule has 2 heterocycles. The Bertz CT molecular complexity index is 407. The Hall–Kier alpha value is -2.09. The summed E-state index contributed by atoms with van der Waals surface area (Å²) in [6, 6.07) is 1.64. The normalized spacial score (nSPS) is 19.3. The number of amides is 1. The van der Waals surface area contributed by atoms with Crippen LogP contribution < -0.4 is 27.6 Å². The summed E-state index contributed by atoms with van der Waals surface area (Å²) in [7, 11) is 0. The van der Waals surface area contributed by atoms with E-state index < -0.39 is 0 Å². The highest BCUT2D eigenvalue weighted by atomic mass is 16.1. The van der Waals surface area contributed by atoms with Crippen molar-refractivity contribution < 1.29 is 4.79 Å². The molecular formula is C8H13N7O. The van der Waals surface area contributed by atoms with Crippen molar-refractivity contribution in [3.05, 3.63) is 6.07 Å². The third-order valence-electron chi connectivity index (χ3n) is 2.22. The molecule has 1 fully saturated rings. The van der Waals surface area contributed by atoms with Crippen molar-refractivity contribution in [3.63, 3.8) is 0 Å². The number of carbonyl (C=O) groups excluding carboxylic acids is 1. The minimum Gasteiger partial charge on any atom is -0.368 e. The van der Waals surface area contributed by atoms with Gasteiger partial charge in [-0.15, -0.1) is 0 Å². The van der Waals surface area contributed by atoms with Gasteiger partial charge in [-0.25, -0.2) is 5.84 Å². The number of rotatable bonds is 3. The third-order valence-corrected chi connectivity index (χ3v) is 2.22. The molecule has 1 aliphatic rings. The molecule has 0 saturated carbocycles. The van der Waals surface area contributed by atoms with Gasteiger partial charge in [0.05, 0.1) is 6.04 Å². The van der Waals surface area contributed by atoms with Gasteiger partial charge < -0.3 is 21.8 Å². The number of nitrogens with zero attached hydrogens (tertiary/aromatic N) is 2. The number of carbonyl (C=O) groups is 1. The summed E-state index contributed by atoms with van der Waals surface area (Å²) in [5.74, 6) is 6.34. The van der Waals surface area contributed by atoms with E-state index in [1.807, 2.05) is 0 Å². The highest BCUT2D eigenvalue weighted by Crippen LogP contribution is 2.14. The maximum Gasteiger partial charge on any atom is 0.223 e. The SMILES string of the molecule is NNc1cc(NC2CNC(=O)C2)nc(N)n1. The number of nitrogens with two attached hydrogens (primary N) is 2. The van der Waals surface area contributed by atoms with Crippen LogP contribution in [0.1, 0.15) is 6.42 Å². The van der Waals surface area contributed by atoms with Crippen LogP contribution in [0, 0.1) is 0 Å². The molecule has 1 unspecified atom stereocenters. The quantitative estimate of drug-likeness (QED) is 0.316. The van der Waals surface area contributed by atoms with E-state index in [4.69, 9.17) is 11.6 Å². The molecule has 2 rings (SSSR count). The van der Waals surface area contributed by atoms with Gasteiger partial charge in [-0.1, -0.05) is 0 Å². The van der Waals surface area contributed by atoms with Crippen molar-refractivity contribution in [1.82, 2.24) is 15.3 Å². The molecule has 8 heteroatoms. The predicted octanol–water partition coefficient (Wildman–Crippen LogP) is -1.36. The Morgan fingerprint density at radius 3 is 2.81 bits per heavy atom. The monoisotopic (exact) mass is 223 g/mol. The number of nitrogen functional groups attached to an aromatic ring is 2. The Labute approximate surface area is 91.8 Å². The van der Waals surface area contributed by atoms with Gasteiger partial charge in [-0.2, -0.15) is 9.97 Å². The van der Waals surface area contributed by atoms with Crippen LogP contribution in [-0.2, 0) is 4.79 Å². The fourth-order valence-corrected chi connectivity index (χ4v) is 1.53. The van der Waals surface area contributed by atoms with E-state index in [1.54, 1.807) is 6.07 Å². The molecule has 1 aromatic rings. The summed E-state index contributed by atoms with van der Waals surface area (Å²) in [6.45, 7) is 0.578. The van der Waals surface area contributed by atoms with Crippen LogP contribution in [0.4, 0.5) is 17.6 Å². The van der Waals surface area contributed by atoms with Gasteiger partial charge in [0.15, 0.2) is 0 Å². The first kappa shape index (κ1) is 10.4. The molecule has 0 radical (unpaired) electrons. The molecule has 8 nitrogen and oxygen atoms in total. The number of nitrogens with one attached hydrogen (secondary N) is 3. The maximum absolute atomic E-state index is 11.0. The molecule has 0 aliphatic carbocycles. The lowest BCUT2D eigenvalue weighted by molar-refractivity contribution is -0.119. The molecule has 1 saturated heterocycles. The first-order chi connectivity index (χ1) is 7.67. The highest BCUT2D eigenvalue weighted by Gasteiger charge is 2.21. The van der Waals surface area contributed by atoms with Gasteiger partial charge >= 0.3 is 0 Å². The number of anilines is 3. The largest absolute Gasteiger partial charge is 0.368 e. The van der Waals surface area contributed by atoms with Gasteiger partial charge in [-0.05, 0) is 0 Å². The number of hydrogen-bond acceptors (Lipinski definition) is 7. The van der Waals surface area contributed by atoms with Crippen LogP contribution in [0.15, 0.2) is 6.07 Å². The molecule has 0 aromatic carbocycles. The maximum atomic E-state index is 11.0. The summed E-state index contributed by atoms with van der Waals surface area (Å²) < 4.78 is 0. The van der Waals surface area contributed by atoms with Crippen LogP contribution >= 0.6 is 0 Å². The first-order valence-corrected chi connectivity index (χ1v) is 4.82. The van der Waals surface area contributed by atoms with Gasteiger partial charge in [0.2, 0.25) is 11.9 Å². The number of aromatic nitrogens is 2. The van der Waals surface area contributed by atoms with Gasteiger partial charge in [0.25, 0.3) is 0 Å². The minimum atomic E-state index is 0.0208. The Morgan fingerprint density at radius 1 is 1.44 bits per heavy atom.